The van der Waals surface area contributed by atoms with Crippen molar-refractivity contribution in [1.29, 1.82) is 0 Å². The third-order valence-electron chi connectivity index (χ3n) is 10.3. The summed E-state index contributed by atoms with van der Waals surface area (Å²) < 4.78 is 11.1. The van der Waals surface area contributed by atoms with Gasteiger partial charge in [-0.1, -0.05) is 104 Å². The van der Waals surface area contributed by atoms with E-state index in [9.17, 15) is 0 Å². The third kappa shape index (κ3) is 7.12. The van der Waals surface area contributed by atoms with E-state index in [1.807, 2.05) is 12.3 Å². The zero-order valence-electron chi connectivity index (χ0n) is 32.5. The molecule has 0 atom stereocenters. The summed E-state index contributed by atoms with van der Waals surface area (Å²) in [5, 5.41) is 7.57. The first-order chi connectivity index (χ1) is 25.1. The van der Waals surface area contributed by atoms with Crippen LogP contribution in [0.3, 0.4) is 0 Å². The van der Waals surface area contributed by atoms with Crippen molar-refractivity contribution >= 4 is 21.8 Å². The first-order valence-corrected chi connectivity index (χ1v) is 19.0. The van der Waals surface area contributed by atoms with Gasteiger partial charge in [-0.15, -0.1) is 41.3 Å². The molecule has 0 saturated carbocycles. The SMILES string of the molecule is CCc1cccc(CC)c1-c1c(CC)nn(-c2[c-]c(Oc3[c-]c4c(cc3)c3ccccc3n4-c3cc(C(C)C)ccn3)cc(C(C)(C)C)c2)c1CC.[Pd+2]. The second kappa shape index (κ2) is 15.5. The summed E-state index contributed by atoms with van der Waals surface area (Å²) in [6.07, 6.45) is 5.54. The maximum Gasteiger partial charge on any atom is 2.00 e. The molecule has 0 amide bonds. The molecular weight excluding hydrogens is 743 g/mol. The topological polar surface area (TPSA) is 44.9 Å². The molecule has 0 fully saturated rings. The van der Waals surface area contributed by atoms with Crippen LogP contribution >= 0.6 is 0 Å². The molecule has 0 spiro atoms. The van der Waals surface area contributed by atoms with Gasteiger partial charge in [-0.25, -0.2) is 4.98 Å². The Morgan fingerprint density at radius 2 is 1.47 bits per heavy atom. The smallest absolute Gasteiger partial charge is 0.509 e. The van der Waals surface area contributed by atoms with E-state index < -0.39 is 0 Å². The van der Waals surface area contributed by atoms with Crippen LogP contribution in [0.5, 0.6) is 11.5 Å². The molecule has 7 aromatic rings. The number of rotatable bonds is 10. The normalized spacial score (nSPS) is 11.8. The van der Waals surface area contributed by atoms with Gasteiger partial charge in [-0.2, -0.15) is 11.2 Å². The van der Waals surface area contributed by atoms with Crippen molar-refractivity contribution in [2.75, 3.05) is 0 Å². The molecule has 0 bridgehead atoms. The number of aryl methyl sites for hydroxylation is 3. The Bertz CT molecular complexity index is 2390. The van der Waals surface area contributed by atoms with E-state index in [1.165, 1.54) is 33.5 Å². The molecule has 3 heterocycles. The average molecular weight is 793 g/mol. The molecular formula is C47H50N4OPd. The molecule has 5 nitrogen and oxygen atoms in total. The summed E-state index contributed by atoms with van der Waals surface area (Å²) in [7, 11) is 0. The summed E-state index contributed by atoms with van der Waals surface area (Å²) >= 11 is 0. The second-order valence-corrected chi connectivity index (χ2v) is 15.1. The molecule has 0 aliphatic carbocycles. The van der Waals surface area contributed by atoms with Gasteiger partial charge in [0.15, 0.2) is 0 Å². The van der Waals surface area contributed by atoms with E-state index in [4.69, 9.17) is 14.8 Å². The molecule has 3 aromatic heterocycles. The molecule has 6 heteroatoms. The van der Waals surface area contributed by atoms with Gasteiger partial charge in [0, 0.05) is 34.5 Å². The number of benzene rings is 4. The summed E-state index contributed by atoms with van der Waals surface area (Å²) in [6, 6.07) is 35.3. The van der Waals surface area contributed by atoms with Crippen LogP contribution in [0.15, 0.2) is 85.1 Å². The molecule has 274 valence electrons. The van der Waals surface area contributed by atoms with E-state index in [1.54, 1.807) is 0 Å². The van der Waals surface area contributed by atoms with Crippen molar-refractivity contribution in [3.63, 3.8) is 0 Å². The van der Waals surface area contributed by atoms with Crippen LogP contribution in [0, 0.1) is 12.1 Å². The number of nitrogens with zero attached hydrogens (tertiary/aromatic N) is 4. The van der Waals surface area contributed by atoms with Crippen LogP contribution in [0.4, 0.5) is 0 Å². The Hall–Kier alpha value is -4.50. The Labute approximate surface area is 329 Å². The molecule has 53 heavy (non-hydrogen) atoms. The fourth-order valence-electron chi connectivity index (χ4n) is 7.47. The zero-order chi connectivity index (χ0) is 36.7. The summed E-state index contributed by atoms with van der Waals surface area (Å²) in [6.45, 7) is 20.1. The van der Waals surface area contributed by atoms with E-state index in [0.717, 1.165) is 70.3 Å². The van der Waals surface area contributed by atoms with Gasteiger partial charge >= 0.3 is 20.4 Å². The van der Waals surface area contributed by atoms with Crippen molar-refractivity contribution in [1.82, 2.24) is 19.3 Å². The maximum atomic E-state index is 6.74. The molecule has 0 aliphatic heterocycles. The van der Waals surface area contributed by atoms with Crippen LogP contribution in [0.25, 0.3) is 44.4 Å². The Morgan fingerprint density at radius 3 is 2.13 bits per heavy atom. The van der Waals surface area contributed by atoms with Gasteiger partial charge in [-0.3, -0.25) is 4.68 Å². The number of aromatic nitrogens is 4. The van der Waals surface area contributed by atoms with Crippen molar-refractivity contribution in [2.45, 2.75) is 99.3 Å². The van der Waals surface area contributed by atoms with Crippen molar-refractivity contribution in [3.8, 4) is 34.1 Å². The van der Waals surface area contributed by atoms with Crippen molar-refractivity contribution in [3.05, 3.63) is 131 Å². The first kappa shape index (κ1) is 38.2. The fraction of sp³-hybridized carbons (Fsp3) is 0.319. The quantitative estimate of drug-likeness (QED) is 0.102. The van der Waals surface area contributed by atoms with Gasteiger partial charge < -0.3 is 9.30 Å². The monoisotopic (exact) mass is 792 g/mol. The third-order valence-corrected chi connectivity index (χ3v) is 10.3. The Kier molecular flexibility index (Phi) is 11.2. The largest absolute Gasteiger partial charge is 2.00 e. The zero-order valence-corrected chi connectivity index (χ0v) is 34.1. The molecule has 0 N–H and O–H groups in total. The van der Waals surface area contributed by atoms with Crippen LogP contribution in [0.1, 0.15) is 102 Å². The van der Waals surface area contributed by atoms with Crippen LogP contribution in [-0.2, 0) is 51.5 Å². The maximum absolute atomic E-state index is 6.74. The van der Waals surface area contributed by atoms with Gasteiger partial charge in [0.25, 0.3) is 0 Å². The second-order valence-electron chi connectivity index (χ2n) is 15.1. The minimum absolute atomic E-state index is 0. The van der Waals surface area contributed by atoms with Gasteiger partial charge in [0.1, 0.15) is 5.82 Å². The van der Waals surface area contributed by atoms with Gasteiger partial charge in [0.05, 0.1) is 5.69 Å². The van der Waals surface area contributed by atoms with Crippen LogP contribution < -0.4 is 4.74 Å². The number of hydrogen-bond donors (Lipinski definition) is 0. The van der Waals surface area contributed by atoms with Gasteiger partial charge in [0.2, 0.25) is 0 Å². The molecule has 0 saturated heterocycles. The predicted octanol–water partition coefficient (Wildman–Crippen LogP) is 12.1. The van der Waals surface area contributed by atoms with E-state index in [2.05, 4.69) is 156 Å². The van der Waals surface area contributed by atoms with E-state index in [0.29, 0.717) is 17.4 Å². The molecule has 0 radical (unpaired) electrons. The van der Waals surface area contributed by atoms with Gasteiger partial charge in [-0.05, 0) is 88.5 Å². The molecule has 0 unspecified atom stereocenters. The number of fused-ring (bicyclic) bond motifs is 3. The van der Waals surface area contributed by atoms with Crippen molar-refractivity contribution in [2.24, 2.45) is 0 Å². The first-order valence-electron chi connectivity index (χ1n) is 19.0. The summed E-state index contributed by atoms with van der Waals surface area (Å²) in [5.74, 6) is 2.53. The molecule has 7 rings (SSSR count). The molecule has 4 aromatic carbocycles. The number of ether oxygens (including phenoxy) is 1. The standard InChI is InChI=1S/C47H50N4O.Pd/c1-10-31-17-16-18-32(11-2)45(31)46-40(12-3)49-51(41(46)13-4)35-26-34(47(7,8)9)27-37(28-35)52-36-21-22-39-38-19-14-15-20-42(38)50(43(39)29-36)44-25-33(30(5)6)23-24-48-44;/h14-27,30H,10-13H2,1-9H3;/q-2;+2. The average Bonchev–Trinajstić information content (AvgIpc) is 3.69. The predicted molar refractivity (Wildman–Crippen MR) is 216 cm³/mol. The number of para-hydroxylation sites is 1. The Morgan fingerprint density at radius 1 is 0.736 bits per heavy atom. The Balaban J connectivity index is 0.00000481. The number of hydrogen-bond acceptors (Lipinski definition) is 3. The molecule has 0 aliphatic rings. The van der Waals surface area contributed by atoms with E-state index >= 15 is 0 Å². The summed E-state index contributed by atoms with van der Waals surface area (Å²) in [5.41, 5.74) is 12.9. The van der Waals surface area contributed by atoms with Crippen LogP contribution in [0.2, 0.25) is 0 Å². The van der Waals surface area contributed by atoms with Crippen molar-refractivity contribution < 1.29 is 25.2 Å². The van der Waals surface area contributed by atoms with Crippen LogP contribution in [-0.4, -0.2) is 19.3 Å². The fourth-order valence-corrected chi connectivity index (χ4v) is 7.47. The summed E-state index contributed by atoms with van der Waals surface area (Å²) in [4.78, 5) is 4.82. The van der Waals surface area contributed by atoms with E-state index in [-0.39, 0.29) is 25.8 Å². The minimum Gasteiger partial charge on any atom is -0.509 e. The number of pyridine rings is 1. The minimum atomic E-state index is -0.130.